The maximum Gasteiger partial charge on any atom is 0.184 e. The van der Waals surface area contributed by atoms with Crippen LogP contribution in [0.25, 0.3) is 0 Å². The van der Waals surface area contributed by atoms with Crippen molar-refractivity contribution in [1.29, 1.82) is 0 Å². The SMILES string of the molecule is OC[C@H]1O[C@H](O)[C@@H](OCc2ccccc2)[C@@H]1OCc1ccccc1. The van der Waals surface area contributed by atoms with Gasteiger partial charge in [0.1, 0.15) is 18.3 Å². The number of aliphatic hydroxyl groups is 2. The maximum absolute atomic E-state index is 10.1. The molecule has 0 bridgehead atoms. The fourth-order valence-corrected chi connectivity index (χ4v) is 2.77. The predicted octanol–water partition coefficient (Wildman–Crippen LogP) is 1.87. The zero-order valence-electron chi connectivity index (χ0n) is 13.3. The van der Waals surface area contributed by atoms with Crippen LogP contribution < -0.4 is 0 Å². The van der Waals surface area contributed by atoms with Gasteiger partial charge >= 0.3 is 0 Å². The number of benzene rings is 2. The Kier molecular flexibility index (Phi) is 5.96. The highest BCUT2D eigenvalue weighted by molar-refractivity contribution is 5.14. The summed E-state index contributed by atoms with van der Waals surface area (Å²) in [6.45, 7) is 0.472. The highest BCUT2D eigenvalue weighted by atomic mass is 16.7. The molecule has 4 atom stereocenters. The van der Waals surface area contributed by atoms with Crippen LogP contribution in [0.2, 0.25) is 0 Å². The van der Waals surface area contributed by atoms with Crippen molar-refractivity contribution in [2.24, 2.45) is 0 Å². The third-order valence-corrected chi connectivity index (χ3v) is 4.04. The Labute approximate surface area is 141 Å². The normalized spacial score (nSPS) is 26.6. The molecule has 0 saturated carbocycles. The number of aliphatic hydroxyl groups excluding tert-OH is 2. The van der Waals surface area contributed by atoms with E-state index in [2.05, 4.69) is 0 Å². The highest BCUT2D eigenvalue weighted by Gasteiger charge is 2.45. The molecule has 1 aliphatic heterocycles. The van der Waals surface area contributed by atoms with E-state index >= 15 is 0 Å². The van der Waals surface area contributed by atoms with Crippen LogP contribution >= 0.6 is 0 Å². The first-order chi connectivity index (χ1) is 11.8. The minimum absolute atomic E-state index is 0.234. The summed E-state index contributed by atoms with van der Waals surface area (Å²) in [4.78, 5) is 0. The average molecular weight is 330 g/mol. The number of hydrogen-bond acceptors (Lipinski definition) is 5. The van der Waals surface area contributed by atoms with E-state index in [1.165, 1.54) is 0 Å². The third-order valence-electron chi connectivity index (χ3n) is 4.04. The third kappa shape index (κ3) is 4.20. The van der Waals surface area contributed by atoms with Gasteiger partial charge in [-0.1, -0.05) is 60.7 Å². The molecule has 5 nitrogen and oxygen atoms in total. The zero-order valence-corrected chi connectivity index (χ0v) is 13.3. The van der Waals surface area contributed by atoms with Crippen molar-refractivity contribution < 1.29 is 24.4 Å². The summed E-state index contributed by atoms with van der Waals surface area (Å²) >= 11 is 0. The Morgan fingerprint density at radius 1 is 0.792 bits per heavy atom. The first-order valence-electron chi connectivity index (χ1n) is 8.03. The van der Waals surface area contributed by atoms with Gasteiger partial charge in [0, 0.05) is 0 Å². The largest absolute Gasteiger partial charge is 0.394 e. The summed E-state index contributed by atoms with van der Waals surface area (Å²) in [6.07, 6.45) is -2.91. The topological polar surface area (TPSA) is 68.2 Å². The Morgan fingerprint density at radius 3 is 1.79 bits per heavy atom. The molecule has 2 aromatic carbocycles. The summed E-state index contributed by atoms with van der Waals surface area (Å²) in [5.41, 5.74) is 2.01. The van der Waals surface area contributed by atoms with Crippen LogP contribution in [0.5, 0.6) is 0 Å². The Morgan fingerprint density at radius 2 is 1.29 bits per heavy atom. The van der Waals surface area contributed by atoms with Crippen LogP contribution in [0.15, 0.2) is 60.7 Å². The average Bonchev–Trinajstić information content (AvgIpc) is 2.94. The molecular weight excluding hydrogens is 308 g/mol. The highest BCUT2D eigenvalue weighted by Crippen LogP contribution is 2.27. The van der Waals surface area contributed by atoms with E-state index in [0.717, 1.165) is 11.1 Å². The molecular formula is C19H22O5. The van der Waals surface area contributed by atoms with Gasteiger partial charge in [0.2, 0.25) is 0 Å². The second kappa shape index (κ2) is 8.37. The minimum Gasteiger partial charge on any atom is -0.394 e. The Bertz CT molecular complexity index is 604. The molecule has 3 rings (SSSR count). The zero-order chi connectivity index (χ0) is 16.8. The standard InChI is InChI=1S/C19H22O5/c20-11-16-17(22-12-14-7-3-1-4-8-14)18(19(21)24-16)23-13-15-9-5-2-6-10-15/h1-10,16-21H,11-13H2/t16-,17-,18+,19+/m1/s1. The molecule has 0 unspecified atom stereocenters. The van der Waals surface area contributed by atoms with Gasteiger partial charge in [0.25, 0.3) is 0 Å². The van der Waals surface area contributed by atoms with E-state index in [-0.39, 0.29) is 6.61 Å². The predicted molar refractivity (Wildman–Crippen MR) is 88.0 cm³/mol. The summed E-state index contributed by atoms with van der Waals surface area (Å²) < 4.78 is 17.1. The molecule has 0 radical (unpaired) electrons. The van der Waals surface area contributed by atoms with Crippen LogP contribution in [-0.4, -0.2) is 41.4 Å². The summed E-state index contributed by atoms with van der Waals surface area (Å²) in [6, 6.07) is 19.4. The molecule has 1 saturated heterocycles. The van der Waals surface area contributed by atoms with E-state index < -0.39 is 24.6 Å². The van der Waals surface area contributed by atoms with Crippen molar-refractivity contribution in [3.8, 4) is 0 Å². The van der Waals surface area contributed by atoms with Gasteiger partial charge in [0.05, 0.1) is 19.8 Å². The lowest BCUT2D eigenvalue weighted by Gasteiger charge is -2.23. The smallest absolute Gasteiger partial charge is 0.184 e. The fourth-order valence-electron chi connectivity index (χ4n) is 2.77. The molecule has 1 aliphatic rings. The minimum atomic E-state index is -1.12. The van der Waals surface area contributed by atoms with Gasteiger partial charge < -0.3 is 24.4 Å². The van der Waals surface area contributed by atoms with E-state index in [4.69, 9.17) is 14.2 Å². The molecule has 128 valence electrons. The first-order valence-corrected chi connectivity index (χ1v) is 8.03. The number of rotatable bonds is 7. The fraction of sp³-hybridized carbons (Fsp3) is 0.368. The van der Waals surface area contributed by atoms with Crippen molar-refractivity contribution in [2.75, 3.05) is 6.61 Å². The molecule has 1 heterocycles. The van der Waals surface area contributed by atoms with Gasteiger partial charge in [-0.3, -0.25) is 0 Å². The van der Waals surface area contributed by atoms with Crippen molar-refractivity contribution in [1.82, 2.24) is 0 Å². The Hall–Kier alpha value is -1.76. The van der Waals surface area contributed by atoms with Crippen LogP contribution in [-0.2, 0) is 27.4 Å². The van der Waals surface area contributed by atoms with Crippen molar-refractivity contribution in [3.05, 3.63) is 71.8 Å². The van der Waals surface area contributed by atoms with Crippen LogP contribution in [0.4, 0.5) is 0 Å². The Balaban J connectivity index is 1.63. The molecule has 2 N–H and O–H groups in total. The lowest BCUT2D eigenvalue weighted by atomic mass is 10.1. The van der Waals surface area contributed by atoms with Gasteiger partial charge in [-0.2, -0.15) is 0 Å². The maximum atomic E-state index is 10.1. The summed E-state index contributed by atoms with van der Waals surface area (Å²) in [5, 5.41) is 19.6. The van der Waals surface area contributed by atoms with E-state index in [9.17, 15) is 10.2 Å². The van der Waals surface area contributed by atoms with Crippen molar-refractivity contribution >= 4 is 0 Å². The number of hydrogen-bond donors (Lipinski definition) is 2. The summed E-state index contributed by atoms with van der Waals surface area (Å²) in [5.74, 6) is 0. The van der Waals surface area contributed by atoms with E-state index in [1.807, 2.05) is 60.7 Å². The molecule has 0 spiro atoms. The van der Waals surface area contributed by atoms with Gasteiger partial charge in [0.15, 0.2) is 6.29 Å². The van der Waals surface area contributed by atoms with Crippen LogP contribution in [0.3, 0.4) is 0 Å². The van der Waals surface area contributed by atoms with Gasteiger partial charge in [-0.25, -0.2) is 0 Å². The number of ether oxygens (including phenoxy) is 3. The molecule has 0 aliphatic carbocycles. The lowest BCUT2D eigenvalue weighted by molar-refractivity contribution is -0.151. The molecule has 0 amide bonds. The monoisotopic (exact) mass is 330 g/mol. The quantitative estimate of drug-likeness (QED) is 0.811. The lowest BCUT2D eigenvalue weighted by Crippen LogP contribution is -2.38. The van der Waals surface area contributed by atoms with Crippen molar-refractivity contribution in [2.45, 2.75) is 37.8 Å². The molecule has 0 aromatic heterocycles. The van der Waals surface area contributed by atoms with E-state index in [0.29, 0.717) is 13.2 Å². The summed E-state index contributed by atoms with van der Waals surface area (Å²) in [7, 11) is 0. The van der Waals surface area contributed by atoms with E-state index in [1.54, 1.807) is 0 Å². The molecule has 1 fully saturated rings. The molecule has 5 heteroatoms. The second-order valence-electron chi connectivity index (χ2n) is 5.77. The van der Waals surface area contributed by atoms with Gasteiger partial charge in [-0.05, 0) is 11.1 Å². The molecule has 2 aromatic rings. The van der Waals surface area contributed by atoms with Crippen LogP contribution in [0, 0.1) is 0 Å². The first kappa shape index (κ1) is 17.1. The second-order valence-corrected chi connectivity index (χ2v) is 5.77. The van der Waals surface area contributed by atoms with Gasteiger partial charge in [-0.15, -0.1) is 0 Å². The molecule has 24 heavy (non-hydrogen) atoms. The van der Waals surface area contributed by atoms with Crippen LogP contribution in [0.1, 0.15) is 11.1 Å². The van der Waals surface area contributed by atoms with Crippen molar-refractivity contribution in [3.63, 3.8) is 0 Å².